The van der Waals surface area contributed by atoms with Gasteiger partial charge in [-0.05, 0) is 0 Å². The normalized spacial score (nSPS) is 18.3. The van der Waals surface area contributed by atoms with Gasteiger partial charge in [0, 0.05) is 0 Å². The van der Waals surface area contributed by atoms with Crippen molar-refractivity contribution in [1.29, 1.82) is 0 Å². The molecule has 1 unspecified atom stereocenters. The molecule has 2 nitrogen and oxygen atoms in total. The lowest BCUT2D eigenvalue weighted by Gasteiger charge is -2.37. The maximum Gasteiger partial charge on any atom is 0.448 e. The van der Waals surface area contributed by atoms with Crippen LogP contribution in [0.3, 0.4) is 0 Å². The first-order valence-corrected chi connectivity index (χ1v) is 3.39. The summed E-state index contributed by atoms with van der Waals surface area (Å²) in [5.74, 6) is -14.8. The van der Waals surface area contributed by atoms with Crippen LogP contribution < -0.4 is 0 Å². The van der Waals surface area contributed by atoms with Crippen molar-refractivity contribution in [1.82, 2.24) is 10.7 Å². The van der Waals surface area contributed by atoms with E-state index >= 15 is 0 Å². The SMILES string of the molecule is FN(F)C(F)(F)C(F)(F)C(F)(N(F)F)C(F)(F)F. The van der Waals surface area contributed by atoms with Crippen molar-refractivity contribution in [3.8, 4) is 0 Å². The third kappa shape index (κ3) is 2.06. The lowest BCUT2D eigenvalue weighted by molar-refractivity contribution is -0.496. The summed E-state index contributed by atoms with van der Waals surface area (Å²) in [5, 5.41) is -7.76. The summed E-state index contributed by atoms with van der Waals surface area (Å²) in [6, 6.07) is -7.13. The first-order chi connectivity index (χ1) is 7.64. The fourth-order valence-electron chi connectivity index (χ4n) is 0.685. The molecule has 0 aliphatic rings. The van der Waals surface area contributed by atoms with Gasteiger partial charge in [0.2, 0.25) is 0 Å². The molecule has 0 saturated carbocycles. The minimum atomic E-state index is -7.49. The minimum absolute atomic E-state index is 3.81. The molecule has 0 N–H and O–H groups in total. The highest BCUT2D eigenvalue weighted by atomic mass is 19.4. The minimum Gasteiger partial charge on any atom is -0.203 e. The van der Waals surface area contributed by atoms with Gasteiger partial charge < -0.3 is 0 Å². The quantitative estimate of drug-likeness (QED) is 0.445. The molecule has 0 heterocycles. The molecule has 0 aromatic rings. The Kier molecular flexibility index (Phi) is 4.10. The third-order valence-electron chi connectivity index (χ3n) is 1.61. The zero-order valence-electron chi connectivity index (χ0n) is 7.43. The second kappa shape index (κ2) is 4.32. The highest BCUT2D eigenvalue weighted by Crippen LogP contribution is 2.55. The Morgan fingerprint density at radius 2 is 0.889 bits per heavy atom. The molecule has 0 aromatic carbocycles. The van der Waals surface area contributed by atoms with Crippen LogP contribution in [0.1, 0.15) is 0 Å². The van der Waals surface area contributed by atoms with Gasteiger partial charge in [-0.1, -0.05) is 17.9 Å². The second-order valence-electron chi connectivity index (χ2n) is 2.70. The van der Waals surface area contributed by atoms with E-state index in [-0.39, 0.29) is 0 Å². The second-order valence-corrected chi connectivity index (χ2v) is 2.70. The van der Waals surface area contributed by atoms with Gasteiger partial charge >= 0.3 is 23.9 Å². The van der Waals surface area contributed by atoms with Crippen molar-refractivity contribution in [3.63, 3.8) is 0 Å². The fraction of sp³-hybridized carbons (Fsp3) is 1.00. The molecule has 0 bridgehead atoms. The Labute approximate surface area is 89.1 Å². The molecule has 0 spiro atoms. The van der Waals surface area contributed by atoms with Crippen LogP contribution in [-0.2, 0) is 0 Å². The first-order valence-electron chi connectivity index (χ1n) is 3.39. The van der Waals surface area contributed by atoms with E-state index in [0.29, 0.717) is 0 Å². The molecule has 1 atom stereocenters. The van der Waals surface area contributed by atoms with Crippen LogP contribution in [0.15, 0.2) is 0 Å². The number of rotatable bonds is 4. The summed E-state index contributed by atoms with van der Waals surface area (Å²) in [6.45, 7) is 0. The maximum absolute atomic E-state index is 12.5. The summed E-state index contributed by atoms with van der Waals surface area (Å²) in [4.78, 5) is 0. The van der Waals surface area contributed by atoms with Crippen molar-refractivity contribution >= 4 is 0 Å². The smallest absolute Gasteiger partial charge is 0.203 e. The molecule has 0 amide bonds. The Morgan fingerprint density at radius 3 is 1.06 bits per heavy atom. The van der Waals surface area contributed by atoms with Crippen molar-refractivity contribution in [2.45, 2.75) is 23.9 Å². The Balaban J connectivity index is 5.95. The molecular weight excluding hydrogens is 304 g/mol. The average molecular weight is 304 g/mol. The van der Waals surface area contributed by atoms with Crippen LogP contribution in [0, 0.1) is 0 Å². The van der Waals surface area contributed by atoms with E-state index in [1.54, 1.807) is 0 Å². The van der Waals surface area contributed by atoms with Gasteiger partial charge in [-0.15, -0.1) is 0 Å². The molecule has 14 heteroatoms. The van der Waals surface area contributed by atoms with Crippen molar-refractivity contribution < 1.29 is 53.0 Å². The number of hydrogen-bond donors (Lipinski definition) is 0. The molecule has 0 aliphatic carbocycles. The summed E-state index contributed by atoms with van der Waals surface area (Å²) < 4.78 is 142. The third-order valence-corrected chi connectivity index (χ3v) is 1.61. The Hall–Kier alpha value is -0.920. The van der Waals surface area contributed by atoms with Crippen molar-refractivity contribution in [3.05, 3.63) is 0 Å². The van der Waals surface area contributed by atoms with Crippen LogP contribution in [0.2, 0.25) is 0 Å². The summed E-state index contributed by atoms with van der Waals surface area (Å²) in [6.07, 6.45) is -7.28. The van der Waals surface area contributed by atoms with Gasteiger partial charge in [0.1, 0.15) is 0 Å². The van der Waals surface area contributed by atoms with Crippen LogP contribution in [-0.4, -0.2) is 34.6 Å². The predicted octanol–water partition coefficient (Wildman–Crippen LogP) is 3.58. The maximum atomic E-state index is 12.5. The molecule has 110 valence electrons. The number of nitrogens with zero attached hydrogens (tertiary/aromatic N) is 2. The molecule has 0 saturated heterocycles. The highest BCUT2D eigenvalue weighted by molar-refractivity contribution is 5.01. The lowest BCUT2D eigenvalue weighted by Crippen LogP contribution is -2.69. The predicted molar refractivity (Wildman–Crippen MR) is 27.9 cm³/mol. The van der Waals surface area contributed by atoms with E-state index in [0.717, 1.165) is 0 Å². The molecule has 18 heavy (non-hydrogen) atoms. The Morgan fingerprint density at radius 1 is 0.556 bits per heavy atom. The summed E-state index contributed by atoms with van der Waals surface area (Å²) in [5.41, 5.74) is 0. The molecular formula is C4F12N2. The van der Waals surface area contributed by atoms with Crippen LogP contribution >= 0.6 is 0 Å². The molecule has 0 aliphatic heterocycles. The molecule has 0 rings (SSSR count). The van der Waals surface area contributed by atoms with Gasteiger partial charge in [0.05, 0.1) is 10.7 Å². The highest BCUT2D eigenvalue weighted by Gasteiger charge is 2.87. The lowest BCUT2D eigenvalue weighted by atomic mass is 10.1. The van der Waals surface area contributed by atoms with Gasteiger partial charge in [-0.25, -0.2) is 4.39 Å². The van der Waals surface area contributed by atoms with Crippen LogP contribution in [0.4, 0.5) is 53.0 Å². The van der Waals surface area contributed by atoms with E-state index in [2.05, 4.69) is 0 Å². The zero-order chi connectivity index (χ0) is 15.2. The molecule has 0 aromatic heterocycles. The van der Waals surface area contributed by atoms with Gasteiger partial charge in [-0.2, -0.15) is 30.7 Å². The average Bonchev–Trinajstić information content (AvgIpc) is 2.13. The van der Waals surface area contributed by atoms with E-state index < -0.39 is 34.6 Å². The summed E-state index contributed by atoms with van der Waals surface area (Å²) in [7, 11) is 0. The zero-order valence-corrected chi connectivity index (χ0v) is 7.43. The monoisotopic (exact) mass is 304 g/mol. The van der Waals surface area contributed by atoms with Gasteiger partial charge in [0.25, 0.3) is 0 Å². The van der Waals surface area contributed by atoms with E-state index in [4.69, 9.17) is 0 Å². The Bertz CT molecular complexity index is 295. The molecule has 0 fully saturated rings. The topological polar surface area (TPSA) is 6.48 Å². The fourth-order valence-corrected chi connectivity index (χ4v) is 0.685. The molecule has 0 radical (unpaired) electrons. The first kappa shape index (κ1) is 17.1. The van der Waals surface area contributed by atoms with Crippen LogP contribution in [0.5, 0.6) is 0 Å². The standard InChI is InChI=1S/C4F12N2/c5-1(6,4(11,12)18(15)16)2(7,17(13)14)3(8,9)10. The van der Waals surface area contributed by atoms with Gasteiger partial charge in [0.15, 0.2) is 0 Å². The van der Waals surface area contributed by atoms with E-state index in [9.17, 15) is 53.0 Å². The van der Waals surface area contributed by atoms with Crippen LogP contribution in [0.25, 0.3) is 0 Å². The van der Waals surface area contributed by atoms with E-state index in [1.807, 2.05) is 0 Å². The number of halogens is 12. The largest absolute Gasteiger partial charge is 0.448 e. The van der Waals surface area contributed by atoms with Crippen molar-refractivity contribution in [2.75, 3.05) is 0 Å². The van der Waals surface area contributed by atoms with E-state index in [1.165, 1.54) is 0 Å². The number of alkyl halides is 8. The van der Waals surface area contributed by atoms with Crippen molar-refractivity contribution in [2.24, 2.45) is 0 Å². The number of hydrogen-bond acceptors (Lipinski definition) is 2. The summed E-state index contributed by atoms with van der Waals surface area (Å²) >= 11 is 0. The van der Waals surface area contributed by atoms with Gasteiger partial charge in [-0.3, -0.25) is 0 Å².